The molecule has 0 aliphatic heterocycles. The van der Waals surface area contributed by atoms with E-state index >= 15 is 0 Å². The number of esters is 2. The SMILES string of the molecule is CCOC(=O)C1(C(=O)OCC)Cc2ccc(C(F)(F)F)cc2C(C(=O)Nc2ccccc2)C1. The highest BCUT2D eigenvalue weighted by molar-refractivity contribution is 6.03. The Morgan fingerprint density at radius 3 is 2.15 bits per heavy atom. The summed E-state index contributed by atoms with van der Waals surface area (Å²) in [4.78, 5) is 39.2. The van der Waals surface area contributed by atoms with Crippen LogP contribution in [-0.2, 0) is 36.5 Å². The van der Waals surface area contributed by atoms with Crippen molar-refractivity contribution in [2.24, 2.45) is 5.41 Å². The van der Waals surface area contributed by atoms with Crippen LogP contribution in [0.4, 0.5) is 18.9 Å². The first-order valence-corrected chi connectivity index (χ1v) is 10.5. The average Bonchev–Trinajstić information content (AvgIpc) is 2.78. The third-order valence-corrected chi connectivity index (χ3v) is 5.58. The second-order valence-electron chi connectivity index (χ2n) is 7.72. The van der Waals surface area contributed by atoms with Gasteiger partial charge in [0, 0.05) is 5.69 Å². The first-order chi connectivity index (χ1) is 15.6. The minimum absolute atomic E-state index is 0.0132. The zero-order valence-electron chi connectivity index (χ0n) is 18.2. The standard InChI is InChI=1S/C24H24F3NO5/c1-3-32-21(30)23(22(31)33-4-2)13-15-10-11-16(24(25,26)27)12-18(15)19(14-23)20(29)28-17-8-6-5-7-9-17/h5-12,19H,3-4,13-14H2,1-2H3,(H,28,29). The minimum Gasteiger partial charge on any atom is -0.465 e. The summed E-state index contributed by atoms with van der Waals surface area (Å²) in [6.45, 7) is 3.12. The van der Waals surface area contributed by atoms with Crippen LogP contribution < -0.4 is 5.32 Å². The van der Waals surface area contributed by atoms with Crippen molar-refractivity contribution in [3.63, 3.8) is 0 Å². The normalized spacial score (nSPS) is 16.9. The number of carbonyl (C=O) groups is 3. The van der Waals surface area contributed by atoms with E-state index in [1.165, 1.54) is 6.07 Å². The summed E-state index contributed by atoms with van der Waals surface area (Å²) in [5, 5.41) is 2.67. The van der Waals surface area contributed by atoms with Gasteiger partial charge < -0.3 is 14.8 Å². The van der Waals surface area contributed by atoms with E-state index < -0.39 is 40.9 Å². The molecule has 2 aromatic carbocycles. The summed E-state index contributed by atoms with van der Waals surface area (Å²) < 4.78 is 50.5. The van der Waals surface area contributed by atoms with Gasteiger partial charge in [-0.25, -0.2) is 0 Å². The molecule has 33 heavy (non-hydrogen) atoms. The van der Waals surface area contributed by atoms with Gasteiger partial charge in [-0.15, -0.1) is 0 Å². The van der Waals surface area contributed by atoms with E-state index in [2.05, 4.69) is 5.32 Å². The maximum Gasteiger partial charge on any atom is 0.416 e. The lowest BCUT2D eigenvalue weighted by molar-refractivity contribution is -0.173. The maximum absolute atomic E-state index is 13.4. The molecule has 0 saturated heterocycles. The number of benzene rings is 2. The predicted octanol–water partition coefficient (Wildman–Crippen LogP) is 4.49. The average molecular weight is 463 g/mol. The van der Waals surface area contributed by atoms with E-state index in [1.54, 1.807) is 44.2 Å². The Labute approximate surface area is 189 Å². The number of carbonyl (C=O) groups excluding carboxylic acids is 3. The third kappa shape index (κ3) is 5.02. The van der Waals surface area contributed by atoms with Gasteiger partial charge in [-0.2, -0.15) is 13.2 Å². The summed E-state index contributed by atoms with van der Waals surface area (Å²) in [5.74, 6) is -3.59. The maximum atomic E-state index is 13.4. The lowest BCUT2D eigenvalue weighted by Crippen LogP contribution is -2.48. The fraction of sp³-hybridized carbons (Fsp3) is 0.375. The van der Waals surface area contributed by atoms with Gasteiger partial charge in [0.2, 0.25) is 5.91 Å². The van der Waals surface area contributed by atoms with Crippen molar-refractivity contribution in [1.29, 1.82) is 0 Å². The van der Waals surface area contributed by atoms with E-state index in [1.807, 2.05) is 0 Å². The van der Waals surface area contributed by atoms with Gasteiger partial charge in [-0.3, -0.25) is 14.4 Å². The minimum atomic E-state index is -4.62. The van der Waals surface area contributed by atoms with E-state index in [-0.39, 0.29) is 37.2 Å². The van der Waals surface area contributed by atoms with Crippen LogP contribution in [0.25, 0.3) is 0 Å². The molecule has 0 spiro atoms. The third-order valence-electron chi connectivity index (χ3n) is 5.58. The van der Waals surface area contributed by atoms with Gasteiger partial charge in [-0.1, -0.05) is 24.3 Å². The number of ether oxygens (including phenoxy) is 2. The quantitative estimate of drug-likeness (QED) is 0.505. The number of hydrogen-bond donors (Lipinski definition) is 1. The monoisotopic (exact) mass is 463 g/mol. The molecule has 1 atom stereocenters. The number of anilines is 1. The lowest BCUT2D eigenvalue weighted by Gasteiger charge is -2.37. The zero-order valence-corrected chi connectivity index (χ0v) is 18.2. The molecule has 1 amide bonds. The molecule has 1 aliphatic rings. The Morgan fingerprint density at radius 2 is 1.61 bits per heavy atom. The van der Waals surface area contributed by atoms with Gasteiger partial charge >= 0.3 is 18.1 Å². The van der Waals surface area contributed by atoms with Crippen LogP contribution in [-0.4, -0.2) is 31.1 Å². The molecule has 176 valence electrons. The van der Waals surface area contributed by atoms with Gasteiger partial charge in [0.15, 0.2) is 5.41 Å². The summed E-state index contributed by atoms with van der Waals surface area (Å²) in [5.41, 5.74) is -1.94. The second-order valence-corrected chi connectivity index (χ2v) is 7.72. The van der Waals surface area contributed by atoms with Crippen molar-refractivity contribution < 1.29 is 37.0 Å². The van der Waals surface area contributed by atoms with E-state index in [4.69, 9.17) is 9.47 Å². The van der Waals surface area contributed by atoms with Crippen molar-refractivity contribution in [2.45, 2.75) is 38.8 Å². The molecule has 0 saturated carbocycles. The van der Waals surface area contributed by atoms with Crippen LogP contribution >= 0.6 is 0 Å². The number of rotatable bonds is 6. The number of alkyl halides is 3. The fourth-order valence-corrected chi connectivity index (χ4v) is 4.03. The molecule has 0 bridgehead atoms. The number of hydrogen-bond acceptors (Lipinski definition) is 5. The number of fused-ring (bicyclic) bond motifs is 1. The Morgan fingerprint density at radius 1 is 1.00 bits per heavy atom. The van der Waals surface area contributed by atoms with E-state index in [9.17, 15) is 27.6 Å². The van der Waals surface area contributed by atoms with Crippen LogP contribution in [0, 0.1) is 5.41 Å². The van der Waals surface area contributed by atoms with Gasteiger partial charge in [-0.05, 0) is 62.1 Å². The van der Waals surface area contributed by atoms with Crippen molar-refractivity contribution in [3.8, 4) is 0 Å². The molecule has 2 aromatic rings. The van der Waals surface area contributed by atoms with Gasteiger partial charge in [0.1, 0.15) is 0 Å². The molecule has 0 aromatic heterocycles. The summed E-state index contributed by atoms with van der Waals surface area (Å²) in [6.07, 6.45) is -5.22. The molecule has 1 unspecified atom stereocenters. The molecule has 0 radical (unpaired) electrons. The Balaban J connectivity index is 2.12. The van der Waals surface area contributed by atoms with Crippen molar-refractivity contribution >= 4 is 23.5 Å². The van der Waals surface area contributed by atoms with Crippen LogP contribution in [0.15, 0.2) is 48.5 Å². The van der Waals surface area contributed by atoms with Crippen molar-refractivity contribution in [3.05, 3.63) is 65.2 Å². The number of para-hydroxylation sites is 1. The Bertz CT molecular complexity index is 1020. The topological polar surface area (TPSA) is 81.7 Å². The highest BCUT2D eigenvalue weighted by atomic mass is 19.4. The van der Waals surface area contributed by atoms with Crippen LogP contribution in [0.1, 0.15) is 42.9 Å². The largest absolute Gasteiger partial charge is 0.465 e. The Kier molecular flexibility index (Phi) is 7.09. The molecule has 9 heteroatoms. The summed E-state index contributed by atoms with van der Waals surface area (Å²) >= 11 is 0. The van der Waals surface area contributed by atoms with E-state index in [0.29, 0.717) is 5.69 Å². The van der Waals surface area contributed by atoms with Crippen LogP contribution in [0.3, 0.4) is 0 Å². The fourth-order valence-electron chi connectivity index (χ4n) is 4.03. The molecular weight excluding hydrogens is 439 g/mol. The van der Waals surface area contributed by atoms with E-state index in [0.717, 1.165) is 12.1 Å². The highest BCUT2D eigenvalue weighted by Crippen LogP contribution is 2.46. The highest BCUT2D eigenvalue weighted by Gasteiger charge is 2.55. The van der Waals surface area contributed by atoms with Gasteiger partial charge in [0.05, 0.1) is 24.7 Å². The molecule has 6 nitrogen and oxygen atoms in total. The number of amides is 1. The molecule has 0 fully saturated rings. The van der Waals surface area contributed by atoms with Crippen molar-refractivity contribution in [2.75, 3.05) is 18.5 Å². The summed E-state index contributed by atoms with van der Waals surface area (Å²) in [6, 6.07) is 11.3. The molecule has 1 N–H and O–H groups in total. The molecule has 1 aliphatic carbocycles. The Hall–Kier alpha value is -3.36. The molecule has 3 rings (SSSR count). The first kappa shape index (κ1) is 24.3. The molecule has 0 heterocycles. The number of nitrogens with one attached hydrogen (secondary N) is 1. The van der Waals surface area contributed by atoms with Crippen molar-refractivity contribution in [1.82, 2.24) is 0 Å². The smallest absolute Gasteiger partial charge is 0.416 e. The summed E-state index contributed by atoms with van der Waals surface area (Å²) in [7, 11) is 0. The van der Waals surface area contributed by atoms with Crippen LogP contribution in [0.2, 0.25) is 0 Å². The van der Waals surface area contributed by atoms with Crippen LogP contribution in [0.5, 0.6) is 0 Å². The zero-order chi connectivity index (χ0) is 24.2. The lowest BCUT2D eigenvalue weighted by atomic mass is 9.66. The first-order valence-electron chi connectivity index (χ1n) is 10.5. The van der Waals surface area contributed by atoms with Gasteiger partial charge in [0.25, 0.3) is 0 Å². The molecular formula is C24H24F3NO5. The predicted molar refractivity (Wildman–Crippen MR) is 113 cm³/mol. The number of halogens is 3. The second kappa shape index (κ2) is 9.64.